The molecule has 0 saturated heterocycles. The number of carbonyl (C=O) groups is 7. The van der Waals surface area contributed by atoms with Gasteiger partial charge in [-0.2, -0.15) is 0 Å². The Morgan fingerprint density at radius 1 is 0.812 bits per heavy atom. The topological polar surface area (TPSA) is 255 Å². The zero-order valence-corrected chi connectivity index (χ0v) is 36.3. The fourth-order valence-corrected chi connectivity index (χ4v) is 7.24. The van der Waals surface area contributed by atoms with Crippen molar-refractivity contribution in [2.24, 2.45) is 0 Å². The van der Waals surface area contributed by atoms with E-state index in [0.29, 0.717) is 5.56 Å². The monoisotopic (exact) mass is 878 g/mol. The van der Waals surface area contributed by atoms with Crippen LogP contribution in [-0.2, 0) is 41.6 Å². The molecule has 64 heavy (non-hydrogen) atoms. The van der Waals surface area contributed by atoms with Gasteiger partial charge in [0.2, 0.25) is 29.5 Å². The van der Waals surface area contributed by atoms with Crippen LogP contribution in [0.15, 0.2) is 84.9 Å². The van der Waals surface area contributed by atoms with Gasteiger partial charge in [0.05, 0.1) is 13.2 Å². The fraction of sp³-hybridized carbons (Fsp3) is 0.340. The highest BCUT2D eigenvalue weighted by Gasteiger charge is 2.34. The van der Waals surface area contributed by atoms with Crippen molar-refractivity contribution >= 4 is 41.4 Å². The molecular weight excluding hydrogens is 825 g/mol. The summed E-state index contributed by atoms with van der Waals surface area (Å²) in [5.41, 5.74) is 4.07. The van der Waals surface area contributed by atoms with Crippen molar-refractivity contribution in [2.75, 3.05) is 27.2 Å². The van der Waals surface area contributed by atoms with E-state index >= 15 is 0 Å². The van der Waals surface area contributed by atoms with Gasteiger partial charge in [-0.15, -0.1) is 0 Å². The lowest BCUT2D eigenvalue weighted by Gasteiger charge is -2.30. The minimum absolute atomic E-state index is 0.0555. The Hall–Kier alpha value is -7.27. The molecule has 0 radical (unpaired) electrons. The number of carboxylic acids is 1. The number of aliphatic hydroxyl groups excluding tert-OH is 1. The van der Waals surface area contributed by atoms with Crippen molar-refractivity contribution < 1.29 is 54.0 Å². The third-order valence-corrected chi connectivity index (χ3v) is 11.2. The lowest BCUT2D eigenvalue weighted by molar-refractivity contribution is -0.143. The number of aliphatic hydroxyl groups is 1. The smallest absolute Gasteiger partial charge is 0.326 e. The molecule has 0 aliphatic carbocycles. The van der Waals surface area contributed by atoms with E-state index in [9.17, 15) is 54.0 Å². The summed E-state index contributed by atoms with van der Waals surface area (Å²) in [5.74, 6) is -6.64. The minimum Gasteiger partial charge on any atom is -0.507 e. The van der Waals surface area contributed by atoms with Crippen LogP contribution in [0.2, 0.25) is 0 Å². The lowest BCUT2D eigenvalue weighted by atomic mass is 9.94. The number of hydrogen-bond donors (Lipinski definition) is 8. The lowest BCUT2D eigenvalue weighted by Crippen LogP contribution is -2.55. The molecule has 1 heterocycles. The second-order valence-corrected chi connectivity index (χ2v) is 15.8. The van der Waals surface area contributed by atoms with E-state index in [1.807, 2.05) is 12.1 Å². The highest BCUT2D eigenvalue weighted by atomic mass is 16.4. The van der Waals surface area contributed by atoms with Gasteiger partial charge in [0, 0.05) is 37.2 Å². The molecule has 4 bridgehead atoms. The van der Waals surface area contributed by atoms with Gasteiger partial charge in [0.1, 0.15) is 41.7 Å². The van der Waals surface area contributed by atoms with Gasteiger partial charge < -0.3 is 51.5 Å². The Morgan fingerprint density at radius 2 is 1.42 bits per heavy atom. The summed E-state index contributed by atoms with van der Waals surface area (Å²) in [6, 6.07) is 16.4. The minimum atomic E-state index is -1.49. The van der Waals surface area contributed by atoms with E-state index in [1.165, 1.54) is 69.9 Å². The molecule has 0 spiro atoms. The summed E-state index contributed by atoms with van der Waals surface area (Å²) in [5, 5.41) is 51.4. The summed E-state index contributed by atoms with van der Waals surface area (Å²) in [7, 11) is 2.62. The van der Waals surface area contributed by atoms with E-state index in [-0.39, 0.29) is 40.2 Å². The first-order valence-corrected chi connectivity index (χ1v) is 20.8. The van der Waals surface area contributed by atoms with Crippen LogP contribution in [0.3, 0.4) is 0 Å². The zero-order valence-electron chi connectivity index (χ0n) is 36.3. The Bertz CT molecular complexity index is 2390. The molecule has 0 saturated carbocycles. The summed E-state index contributed by atoms with van der Waals surface area (Å²) in [6.45, 7) is 3.37. The van der Waals surface area contributed by atoms with Crippen LogP contribution in [-0.4, -0.2) is 123 Å². The molecule has 0 fully saturated rings. The van der Waals surface area contributed by atoms with Crippen LogP contribution in [0.5, 0.6) is 11.5 Å². The number of likely N-dealkylation sites (N-methyl/N-ethyl adjacent to an activating group) is 2. The van der Waals surface area contributed by atoms with E-state index in [2.05, 4.69) is 40.3 Å². The SMILES string of the molecule is CCCCc1ccc(-c2ccc(C(=O)N(C)[C@H](CO)C(=O)N[C@H](C)C(=O)NCC(=O)N(C)[C@@H]3C(=O)N[C@@H](C)C(=O)N[C@H](C(=O)O)Cc4ccc(O)c(c4)-c4cc3ccc4O)cc2)cc1. The molecule has 5 rings (SSSR count). The van der Waals surface area contributed by atoms with Crippen molar-refractivity contribution in [3.63, 3.8) is 0 Å². The Balaban J connectivity index is 1.25. The molecule has 1 aliphatic heterocycles. The van der Waals surface area contributed by atoms with Crippen LogP contribution in [0.1, 0.15) is 66.7 Å². The first-order valence-electron chi connectivity index (χ1n) is 20.8. The third-order valence-electron chi connectivity index (χ3n) is 11.2. The predicted molar refractivity (Wildman–Crippen MR) is 236 cm³/mol. The van der Waals surface area contributed by atoms with Gasteiger partial charge >= 0.3 is 5.97 Å². The van der Waals surface area contributed by atoms with Crippen molar-refractivity contribution in [2.45, 2.75) is 76.7 Å². The number of rotatable bonds is 14. The van der Waals surface area contributed by atoms with Crippen molar-refractivity contribution in [3.8, 4) is 33.8 Å². The normalized spacial score (nSPS) is 17.1. The molecular formula is C47H54N6O11. The van der Waals surface area contributed by atoms with Crippen molar-refractivity contribution in [1.29, 1.82) is 0 Å². The number of fused-ring (bicyclic) bond motifs is 5. The molecule has 6 amide bonds. The van der Waals surface area contributed by atoms with E-state index in [4.69, 9.17) is 0 Å². The highest BCUT2D eigenvalue weighted by Crippen LogP contribution is 2.38. The Labute approximate surface area is 370 Å². The average Bonchev–Trinajstić information content (AvgIpc) is 3.28. The number of phenols is 2. The number of carboxylic acid groups (broad SMARTS) is 1. The third kappa shape index (κ3) is 11.4. The number of aromatic hydroxyl groups is 2. The van der Waals surface area contributed by atoms with Gasteiger partial charge in [-0.05, 0) is 90.9 Å². The van der Waals surface area contributed by atoms with Crippen LogP contribution in [0.25, 0.3) is 22.3 Å². The number of nitrogens with zero attached hydrogens (tertiary/aromatic N) is 2. The number of benzene rings is 4. The largest absolute Gasteiger partial charge is 0.507 e. The molecule has 0 unspecified atom stereocenters. The van der Waals surface area contributed by atoms with Gasteiger partial charge in [-0.1, -0.05) is 61.9 Å². The molecule has 4 aromatic rings. The molecule has 17 heteroatoms. The maximum Gasteiger partial charge on any atom is 0.326 e. The number of aliphatic carboxylic acids is 1. The maximum absolute atomic E-state index is 13.9. The zero-order chi connectivity index (χ0) is 46.8. The Kier molecular flexibility index (Phi) is 15.8. The first kappa shape index (κ1) is 47.8. The number of nitrogens with one attached hydrogen (secondary N) is 4. The number of hydrogen-bond acceptors (Lipinski definition) is 10. The molecule has 0 aromatic heterocycles. The van der Waals surface area contributed by atoms with Crippen molar-refractivity contribution in [1.82, 2.24) is 31.1 Å². The number of aryl methyl sites for hydroxylation is 1. The molecule has 17 nitrogen and oxygen atoms in total. The second kappa shape index (κ2) is 21.2. The maximum atomic E-state index is 13.9. The fourth-order valence-electron chi connectivity index (χ4n) is 7.24. The second-order valence-electron chi connectivity index (χ2n) is 15.8. The van der Waals surface area contributed by atoms with Crippen LogP contribution in [0, 0.1) is 0 Å². The van der Waals surface area contributed by atoms with Gasteiger partial charge in [0.25, 0.3) is 5.91 Å². The molecule has 338 valence electrons. The summed E-state index contributed by atoms with van der Waals surface area (Å²) in [6.07, 6.45) is 3.02. The standard InChI is InChI=1S/C47H54N6O11/c1-6-7-8-28-9-12-30(13-10-28)31-14-16-32(17-15-31)46(62)52(4)37(25-54)44(60)49-26(2)42(58)48-24-40(57)53(5)41-33-18-20-39(56)35(23-33)34-21-29(11-19-38(34)55)22-36(47(63)64)51-43(59)27(3)50-45(41)61/h9-21,23,26-27,36-37,41,54-56H,6-8,22,24-25H2,1-5H3,(H,48,58)(H,49,60)(H,50,61)(H,51,59)(H,63,64)/t26-,27+,36+,37-,41+/m1/s1. The van der Waals surface area contributed by atoms with Gasteiger partial charge in [-0.25, -0.2) is 4.79 Å². The quantitative estimate of drug-likeness (QED) is 0.0914. The number of carbonyl (C=O) groups excluding carboxylic acids is 6. The molecule has 8 N–H and O–H groups in total. The van der Waals surface area contributed by atoms with E-state index in [1.54, 1.807) is 24.3 Å². The van der Waals surface area contributed by atoms with E-state index < -0.39 is 84.8 Å². The molecule has 1 aliphatic rings. The molecule has 4 aromatic carbocycles. The number of amides is 6. The van der Waals surface area contributed by atoms with Crippen LogP contribution < -0.4 is 21.3 Å². The summed E-state index contributed by atoms with van der Waals surface area (Å²) in [4.78, 5) is 94.8. The van der Waals surface area contributed by atoms with Crippen molar-refractivity contribution in [3.05, 3.63) is 107 Å². The average molecular weight is 879 g/mol. The van der Waals surface area contributed by atoms with Gasteiger partial charge in [-0.3, -0.25) is 28.8 Å². The summed E-state index contributed by atoms with van der Waals surface area (Å²) < 4.78 is 0. The highest BCUT2D eigenvalue weighted by molar-refractivity contribution is 5.99. The Morgan fingerprint density at radius 3 is 2.03 bits per heavy atom. The van der Waals surface area contributed by atoms with Crippen LogP contribution >= 0.6 is 0 Å². The van der Waals surface area contributed by atoms with E-state index in [0.717, 1.165) is 40.2 Å². The first-order chi connectivity index (χ1) is 30.4. The predicted octanol–water partition coefficient (Wildman–Crippen LogP) is 2.66. The summed E-state index contributed by atoms with van der Waals surface area (Å²) >= 11 is 0. The number of phenolic OH excluding ortho intramolecular Hbond substituents is 2. The number of unbranched alkanes of at least 4 members (excludes halogenated alkanes) is 1. The molecule has 5 atom stereocenters. The van der Waals surface area contributed by atoms with Crippen LogP contribution in [0.4, 0.5) is 0 Å². The van der Waals surface area contributed by atoms with Gasteiger partial charge in [0.15, 0.2) is 0 Å².